The van der Waals surface area contributed by atoms with Crippen LogP contribution in [0, 0.1) is 5.82 Å². The minimum absolute atomic E-state index is 0.133. The van der Waals surface area contributed by atoms with Gasteiger partial charge in [0, 0.05) is 32.9 Å². The van der Waals surface area contributed by atoms with Crippen LogP contribution >= 0.6 is 0 Å². The summed E-state index contributed by atoms with van der Waals surface area (Å²) in [5.41, 5.74) is 1.46. The number of carbonyl (C=O) groups is 1. The van der Waals surface area contributed by atoms with E-state index in [0.29, 0.717) is 25.3 Å². The fourth-order valence-corrected chi connectivity index (χ4v) is 3.11. The number of aromatic nitrogens is 2. The molecule has 2 heterocycles. The van der Waals surface area contributed by atoms with E-state index >= 15 is 0 Å². The fraction of sp³-hybridized carbons (Fsp3) is 0.412. The second-order valence-electron chi connectivity index (χ2n) is 6.23. The molecule has 3 rings (SSSR count). The van der Waals surface area contributed by atoms with Crippen molar-refractivity contribution in [3.8, 4) is 0 Å². The van der Waals surface area contributed by atoms with Gasteiger partial charge in [-0.3, -0.25) is 14.4 Å². The smallest absolute Gasteiger partial charge is 0.272 e. The molecule has 2 atom stereocenters. The molecular formula is C17H21FN4O2. The van der Waals surface area contributed by atoms with Crippen LogP contribution in [-0.4, -0.2) is 62.9 Å². The number of aliphatic hydroxyl groups is 1. The Balaban J connectivity index is 1.65. The lowest BCUT2D eigenvalue weighted by Gasteiger charge is -2.26. The first-order chi connectivity index (χ1) is 11.5. The van der Waals surface area contributed by atoms with Crippen molar-refractivity contribution < 1.29 is 14.3 Å². The van der Waals surface area contributed by atoms with Gasteiger partial charge in [-0.05, 0) is 30.8 Å². The topological polar surface area (TPSA) is 61.6 Å². The summed E-state index contributed by atoms with van der Waals surface area (Å²) < 4.78 is 14.5. The van der Waals surface area contributed by atoms with Gasteiger partial charge in [-0.15, -0.1) is 0 Å². The Morgan fingerprint density at radius 3 is 2.67 bits per heavy atom. The summed E-state index contributed by atoms with van der Waals surface area (Å²) in [7, 11) is 3.62. The lowest BCUT2D eigenvalue weighted by molar-refractivity contribution is 0.0752. The second-order valence-corrected chi connectivity index (χ2v) is 6.23. The number of likely N-dealkylation sites (tertiary alicyclic amines) is 1. The molecule has 7 heteroatoms. The van der Waals surface area contributed by atoms with Gasteiger partial charge in [-0.2, -0.15) is 5.10 Å². The standard InChI is InChI=1S/C17H21FN4O2/c1-20(9-12-3-5-13(18)6-4-12)15-10-22(11-16(15)23)17(24)14-7-8-19-21(14)2/h3-8,15-16,23H,9-11H2,1-2H3/t15-,16-/m1/s1. The Hall–Kier alpha value is -2.25. The number of likely N-dealkylation sites (N-methyl/N-ethyl adjacent to an activating group) is 1. The summed E-state index contributed by atoms with van der Waals surface area (Å²) in [6.07, 6.45) is 0.963. The summed E-state index contributed by atoms with van der Waals surface area (Å²) in [4.78, 5) is 16.2. The third-order valence-corrected chi connectivity index (χ3v) is 4.50. The van der Waals surface area contributed by atoms with Crippen LogP contribution in [0.1, 0.15) is 16.1 Å². The maximum absolute atomic E-state index is 13.0. The van der Waals surface area contributed by atoms with E-state index in [4.69, 9.17) is 0 Å². The minimum atomic E-state index is -0.618. The zero-order chi connectivity index (χ0) is 17.3. The first-order valence-corrected chi connectivity index (χ1v) is 7.85. The van der Waals surface area contributed by atoms with Crippen LogP contribution in [0.4, 0.5) is 4.39 Å². The summed E-state index contributed by atoms with van der Waals surface area (Å²) in [6, 6.07) is 7.81. The monoisotopic (exact) mass is 332 g/mol. The van der Waals surface area contributed by atoms with E-state index in [1.807, 2.05) is 11.9 Å². The van der Waals surface area contributed by atoms with Crippen molar-refractivity contribution in [1.29, 1.82) is 0 Å². The number of aryl methyl sites for hydroxylation is 1. The average Bonchev–Trinajstić information content (AvgIpc) is 3.15. The number of nitrogens with zero attached hydrogens (tertiary/aromatic N) is 4. The molecule has 0 bridgehead atoms. The maximum atomic E-state index is 13.0. The van der Waals surface area contributed by atoms with Crippen LogP contribution in [0.15, 0.2) is 36.5 Å². The number of carbonyl (C=O) groups excluding carboxylic acids is 1. The zero-order valence-corrected chi connectivity index (χ0v) is 13.8. The Labute approximate surface area is 140 Å². The molecule has 1 amide bonds. The molecule has 0 unspecified atom stereocenters. The van der Waals surface area contributed by atoms with Crippen LogP contribution in [-0.2, 0) is 13.6 Å². The van der Waals surface area contributed by atoms with E-state index in [9.17, 15) is 14.3 Å². The van der Waals surface area contributed by atoms with Gasteiger partial charge in [-0.25, -0.2) is 4.39 Å². The Morgan fingerprint density at radius 1 is 1.33 bits per heavy atom. The minimum Gasteiger partial charge on any atom is -0.390 e. The molecule has 1 aromatic carbocycles. The van der Waals surface area contributed by atoms with Crippen LogP contribution in [0.5, 0.6) is 0 Å². The van der Waals surface area contributed by atoms with E-state index in [2.05, 4.69) is 5.10 Å². The summed E-state index contributed by atoms with van der Waals surface area (Å²) in [5, 5.41) is 14.4. The lowest BCUT2D eigenvalue weighted by Crippen LogP contribution is -2.40. The van der Waals surface area contributed by atoms with Crippen molar-refractivity contribution in [2.24, 2.45) is 7.05 Å². The molecule has 0 spiro atoms. The maximum Gasteiger partial charge on any atom is 0.272 e. The summed E-state index contributed by atoms with van der Waals surface area (Å²) in [5.74, 6) is -0.401. The van der Waals surface area contributed by atoms with E-state index in [-0.39, 0.29) is 17.8 Å². The number of amides is 1. The van der Waals surface area contributed by atoms with Gasteiger partial charge in [-0.1, -0.05) is 12.1 Å². The van der Waals surface area contributed by atoms with Crippen LogP contribution in [0.2, 0.25) is 0 Å². The summed E-state index contributed by atoms with van der Waals surface area (Å²) >= 11 is 0. The Morgan fingerprint density at radius 2 is 2.04 bits per heavy atom. The van der Waals surface area contributed by atoms with Gasteiger partial charge in [0.25, 0.3) is 5.91 Å². The second kappa shape index (κ2) is 6.70. The quantitative estimate of drug-likeness (QED) is 0.903. The van der Waals surface area contributed by atoms with Gasteiger partial charge in [0.1, 0.15) is 11.5 Å². The van der Waals surface area contributed by atoms with Gasteiger partial charge < -0.3 is 10.0 Å². The van der Waals surface area contributed by atoms with Gasteiger partial charge >= 0.3 is 0 Å². The lowest BCUT2D eigenvalue weighted by atomic mass is 10.1. The number of aliphatic hydroxyl groups excluding tert-OH is 1. The molecule has 24 heavy (non-hydrogen) atoms. The number of β-amino-alcohol motifs (C(OH)–C–C–N with tert-alkyl or cyclic N) is 1. The molecule has 128 valence electrons. The molecule has 1 aliphatic rings. The third-order valence-electron chi connectivity index (χ3n) is 4.50. The highest BCUT2D eigenvalue weighted by Gasteiger charge is 2.37. The number of halogens is 1. The SMILES string of the molecule is CN(Cc1ccc(F)cc1)[C@@H]1CN(C(=O)c2ccnn2C)C[C@H]1O. The van der Waals surface area contributed by atoms with Crippen molar-refractivity contribution in [3.05, 3.63) is 53.6 Å². The highest BCUT2D eigenvalue weighted by atomic mass is 19.1. The van der Waals surface area contributed by atoms with Crippen LogP contribution < -0.4 is 0 Å². The number of hydrogen-bond donors (Lipinski definition) is 1. The largest absolute Gasteiger partial charge is 0.390 e. The number of rotatable bonds is 4. The summed E-state index contributed by atoms with van der Waals surface area (Å²) in [6.45, 7) is 1.32. The third kappa shape index (κ3) is 3.32. The fourth-order valence-electron chi connectivity index (χ4n) is 3.11. The zero-order valence-electron chi connectivity index (χ0n) is 13.8. The molecule has 0 radical (unpaired) electrons. The highest BCUT2D eigenvalue weighted by Crippen LogP contribution is 2.19. The molecule has 0 saturated carbocycles. The average molecular weight is 332 g/mol. The number of hydrogen-bond acceptors (Lipinski definition) is 4. The molecule has 0 aliphatic carbocycles. The van der Waals surface area contributed by atoms with Crippen LogP contribution in [0.25, 0.3) is 0 Å². The highest BCUT2D eigenvalue weighted by molar-refractivity contribution is 5.92. The van der Waals surface area contributed by atoms with Crippen molar-refractivity contribution >= 4 is 5.91 Å². The van der Waals surface area contributed by atoms with Crippen molar-refractivity contribution in [2.75, 3.05) is 20.1 Å². The molecule has 1 saturated heterocycles. The van der Waals surface area contributed by atoms with Crippen molar-refractivity contribution in [1.82, 2.24) is 19.6 Å². The molecule has 1 N–H and O–H groups in total. The first-order valence-electron chi connectivity index (χ1n) is 7.85. The Kier molecular flexibility index (Phi) is 4.64. The van der Waals surface area contributed by atoms with E-state index in [1.54, 1.807) is 36.3 Å². The van der Waals surface area contributed by atoms with E-state index < -0.39 is 6.10 Å². The van der Waals surface area contributed by atoms with Crippen LogP contribution in [0.3, 0.4) is 0 Å². The molecular weight excluding hydrogens is 311 g/mol. The first kappa shape index (κ1) is 16.6. The van der Waals surface area contributed by atoms with Crippen molar-refractivity contribution in [2.45, 2.75) is 18.7 Å². The Bertz CT molecular complexity index is 716. The molecule has 1 aromatic heterocycles. The van der Waals surface area contributed by atoms with Gasteiger partial charge in [0.15, 0.2) is 0 Å². The normalized spacial score (nSPS) is 20.8. The predicted octanol–water partition coefficient (Wildman–Crippen LogP) is 0.877. The molecule has 2 aromatic rings. The van der Waals surface area contributed by atoms with Gasteiger partial charge in [0.05, 0.1) is 12.1 Å². The predicted molar refractivity (Wildman–Crippen MR) is 86.8 cm³/mol. The molecule has 1 aliphatic heterocycles. The molecule has 6 nitrogen and oxygen atoms in total. The van der Waals surface area contributed by atoms with Gasteiger partial charge in [0.2, 0.25) is 0 Å². The molecule has 1 fully saturated rings. The van der Waals surface area contributed by atoms with E-state index in [1.165, 1.54) is 16.8 Å². The van der Waals surface area contributed by atoms with Crippen molar-refractivity contribution in [3.63, 3.8) is 0 Å². The van der Waals surface area contributed by atoms with E-state index in [0.717, 1.165) is 5.56 Å². The number of benzene rings is 1.